The number of nitrogens with two attached hydrogens (primary N) is 1. The third-order valence-corrected chi connectivity index (χ3v) is 5.42. The summed E-state index contributed by atoms with van der Waals surface area (Å²) in [4.78, 5) is 58.6. The van der Waals surface area contributed by atoms with E-state index in [0.29, 0.717) is 30.1 Å². The number of primary amides is 1. The zero-order valence-corrected chi connectivity index (χ0v) is 18.5. The predicted molar refractivity (Wildman–Crippen MR) is 123 cm³/mol. The van der Waals surface area contributed by atoms with Crippen LogP contribution in [0, 0.1) is 5.92 Å². The number of aliphatic imine (C=N–C) groups is 1. The molecule has 0 unspecified atom stereocenters. The van der Waals surface area contributed by atoms with E-state index in [9.17, 15) is 19.2 Å². The van der Waals surface area contributed by atoms with Crippen LogP contribution in [0.1, 0.15) is 37.0 Å². The maximum Gasteiger partial charge on any atom is 0.313 e. The second-order valence-corrected chi connectivity index (χ2v) is 7.95. The fourth-order valence-electron chi connectivity index (χ4n) is 3.71. The van der Waals surface area contributed by atoms with Gasteiger partial charge in [-0.05, 0) is 37.8 Å². The van der Waals surface area contributed by atoms with Crippen molar-refractivity contribution < 1.29 is 19.2 Å². The van der Waals surface area contributed by atoms with E-state index in [1.54, 1.807) is 19.1 Å². The number of carbonyl (C=O) groups excluding carboxylic acids is 4. The van der Waals surface area contributed by atoms with Crippen LogP contribution < -0.4 is 16.4 Å². The molecule has 0 bridgehead atoms. The van der Waals surface area contributed by atoms with Crippen molar-refractivity contribution in [3.05, 3.63) is 60.2 Å². The largest absolute Gasteiger partial charge is 0.366 e. The molecular weight excluding hydrogens is 424 g/mol. The second kappa shape index (κ2) is 10.0. The van der Waals surface area contributed by atoms with E-state index in [-0.39, 0.29) is 23.1 Å². The van der Waals surface area contributed by atoms with Gasteiger partial charge in [0.05, 0.1) is 40.6 Å². The highest BCUT2D eigenvalue weighted by Crippen LogP contribution is 2.27. The van der Waals surface area contributed by atoms with Crippen molar-refractivity contribution in [2.45, 2.75) is 32.7 Å². The predicted octanol–water partition coefficient (Wildman–Crippen LogP) is 1.29. The Morgan fingerprint density at radius 2 is 2.06 bits per heavy atom. The molecule has 172 valence electrons. The molecule has 1 aromatic heterocycles. The molecule has 4 amide bonds. The summed E-state index contributed by atoms with van der Waals surface area (Å²) < 4.78 is 0. The van der Waals surface area contributed by atoms with Gasteiger partial charge in [0, 0.05) is 18.8 Å². The lowest BCUT2D eigenvalue weighted by atomic mass is 9.92. The highest BCUT2D eigenvalue weighted by molar-refractivity contribution is 6.39. The molecule has 0 radical (unpaired) electrons. The van der Waals surface area contributed by atoms with Crippen LogP contribution in [0.5, 0.6) is 0 Å². The minimum Gasteiger partial charge on any atom is -0.366 e. The van der Waals surface area contributed by atoms with Crippen LogP contribution in [-0.4, -0.2) is 51.8 Å². The Labute approximate surface area is 191 Å². The summed E-state index contributed by atoms with van der Waals surface area (Å²) in [6.45, 7) is 8.18. The summed E-state index contributed by atoms with van der Waals surface area (Å²) in [5.41, 5.74) is 7.02. The number of likely N-dealkylation sites (tertiary alicyclic amines) is 1. The van der Waals surface area contributed by atoms with E-state index >= 15 is 0 Å². The normalized spacial score (nSPS) is 22.7. The monoisotopic (exact) mass is 450 g/mol. The minimum absolute atomic E-state index is 0.112. The van der Waals surface area contributed by atoms with Crippen LogP contribution in [0.25, 0.3) is 0 Å². The molecule has 0 aromatic carbocycles. The molecule has 1 saturated heterocycles. The van der Waals surface area contributed by atoms with Gasteiger partial charge in [-0.3, -0.25) is 24.2 Å². The van der Waals surface area contributed by atoms with Crippen molar-refractivity contribution in [1.82, 2.24) is 15.2 Å². The van der Waals surface area contributed by atoms with Crippen molar-refractivity contribution >= 4 is 35.0 Å². The summed E-state index contributed by atoms with van der Waals surface area (Å²) in [7, 11) is 0. The lowest BCUT2D eigenvalue weighted by Gasteiger charge is -2.38. The molecule has 0 saturated carbocycles. The average Bonchev–Trinajstić information content (AvgIpc) is 2.79. The number of hydrogen-bond donors (Lipinski definition) is 3. The Balaban J connectivity index is 1.80. The molecule has 2 aliphatic rings. The van der Waals surface area contributed by atoms with E-state index in [2.05, 4.69) is 27.2 Å². The fraction of sp³-hybridized carbons (Fsp3) is 0.304. The van der Waals surface area contributed by atoms with Crippen LogP contribution in [0.15, 0.2) is 59.7 Å². The molecule has 10 nitrogen and oxygen atoms in total. The first-order chi connectivity index (χ1) is 15.7. The van der Waals surface area contributed by atoms with Gasteiger partial charge in [-0.1, -0.05) is 19.6 Å². The first-order valence-corrected chi connectivity index (χ1v) is 10.5. The van der Waals surface area contributed by atoms with Crippen LogP contribution in [-0.2, 0) is 14.4 Å². The third kappa shape index (κ3) is 5.59. The molecule has 0 aliphatic carbocycles. The Hall–Kier alpha value is -4.08. The molecule has 4 N–H and O–H groups in total. The first kappa shape index (κ1) is 23.6. The van der Waals surface area contributed by atoms with Crippen molar-refractivity contribution in [3.63, 3.8) is 0 Å². The number of carbonyl (C=O) groups is 4. The van der Waals surface area contributed by atoms with Gasteiger partial charge in [0.15, 0.2) is 0 Å². The number of amides is 4. The average molecular weight is 450 g/mol. The summed E-state index contributed by atoms with van der Waals surface area (Å²) >= 11 is 0. The number of aromatic nitrogens is 1. The second-order valence-electron chi connectivity index (χ2n) is 7.95. The number of pyridine rings is 1. The zero-order chi connectivity index (χ0) is 24.1. The van der Waals surface area contributed by atoms with Crippen LogP contribution in [0.3, 0.4) is 0 Å². The zero-order valence-electron chi connectivity index (χ0n) is 18.5. The van der Waals surface area contributed by atoms with E-state index in [1.807, 2.05) is 6.92 Å². The molecule has 1 aromatic rings. The quantitative estimate of drug-likeness (QED) is 0.592. The number of rotatable bonds is 4. The van der Waals surface area contributed by atoms with Crippen molar-refractivity contribution in [2.24, 2.45) is 16.6 Å². The number of allylic oxidation sites excluding steroid dienone is 2. The van der Waals surface area contributed by atoms with Gasteiger partial charge in [0.25, 0.3) is 0 Å². The molecule has 1 fully saturated rings. The van der Waals surface area contributed by atoms with Gasteiger partial charge in [0.1, 0.15) is 0 Å². The van der Waals surface area contributed by atoms with Gasteiger partial charge >= 0.3 is 11.8 Å². The Morgan fingerprint density at radius 3 is 2.76 bits per heavy atom. The lowest BCUT2D eigenvalue weighted by Crippen LogP contribution is -2.51. The molecular formula is C23H26N6O4. The Kier molecular flexibility index (Phi) is 7.17. The van der Waals surface area contributed by atoms with Crippen LogP contribution in [0.2, 0.25) is 0 Å². The van der Waals surface area contributed by atoms with E-state index in [4.69, 9.17) is 5.73 Å². The van der Waals surface area contributed by atoms with Gasteiger partial charge in [-0.15, -0.1) is 0 Å². The van der Waals surface area contributed by atoms with Crippen molar-refractivity contribution in [3.8, 4) is 0 Å². The highest BCUT2D eigenvalue weighted by Gasteiger charge is 2.35. The van der Waals surface area contributed by atoms with Gasteiger partial charge in [0.2, 0.25) is 11.8 Å². The highest BCUT2D eigenvalue weighted by atomic mass is 16.2. The smallest absolute Gasteiger partial charge is 0.313 e. The molecule has 33 heavy (non-hydrogen) atoms. The van der Waals surface area contributed by atoms with Crippen molar-refractivity contribution in [1.29, 1.82) is 0 Å². The van der Waals surface area contributed by atoms with Gasteiger partial charge < -0.3 is 21.3 Å². The maximum atomic E-state index is 13.1. The third-order valence-electron chi connectivity index (χ3n) is 5.42. The Bertz CT molecular complexity index is 1100. The topological polar surface area (TPSA) is 147 Å². The summed E-state index contributed by atoms with van der Waals surface area (Å²) in [5.74, 6) is -2.35. The number of anilines is 1. The standard InChI is InChI=1S/C23H26N6O4/c1-4-17-18(6-8-20(30)28-17)26-14(3)19-7-5-13(2)12-29(19)23(33)22(32)27-16-9-15(21(24)31)10-25-11-16/h4,6,8-11,13,19H,3,5,7,12H2,1-2H3,(H2,24,31)(H,27,32)(H,28,30)/b17-4+,26-18-/t13-,19+/m1/s1. The molecule has 3 rings (SSSR count). The number of piperidine rings is 1. The fourth-order valence-corrected chi connectivity index (χ4v) is 3.71. The Morgan fingerprint density at radius 1 is 1.30 bits per heavy atom. The number of nitrogens with one attached hydrogen (secondary N) is 2. The van der Waals surface area contributed by atoms with Crippen molar-refractivity contribution in [2.75, 3.05) is 11.9 Å². The van der Waals surface area contributed by atoms with Gasteiger partial charge in [-0.25, -0.2) is 4.99 Å². The first-order valence-electron chi connectivity index (χ1n) is 10.5. The minimum atomic E-state index is -0.864. The molecule has 2 aliphatic heterocycles. The van der Waals surface area contributed by atoms with Gasteiger partial charge in [-0.2, -0.15) is 0 Å². The number of nitrogens with zero attached hydrogens (tertiary/aromatic N) is 3. The van der Waals surface area contributed by atoms with Crippen LogP contribution >= 0.6 is 0 Å². The van der Waals surface area contributed by atoms with Crippen LogP contribution in [0.4, 0.5) is 5.69 Å². The number of hydrogen-bond acceptors (Lipinski definition) is 6. The SMILES string of the molecule is C=C(/N=C1/C=CC(=O)N/C1=C/C)[C@@H]1CC[C@@H](C)CN1C(=O)C(=O)Nc1cncc(C(N)=O)c1. The summed E-state index contributed by atoms with van der Waals surface area (Å²) in [5, 5.41) is 5.18. The molecule has 3 heterocycles. The molecule has 10 heteroatoms. The van der Waals surface area contributed by atoms with E-state index in [1.165, 1.54) is 29.4 Å². The summed E-state index contributed by atoms with van der Waals surface area (Å²) in [6.07, 6.45) is 8.70. The van der Waals surface area contributed by atoms with E-state index in [0.717, 1.165) is 6.42 Å². The molecule has 2 atom stereocenters. The molecule has 0 spiro atoms. The lowest BCUT2D eigenvalue weighted by molar-refractivity contribution is -0.145. The maximum absolute atomic E-state index is 13.1. The van der Waals surface area contributed by atoms with E-state index < -0.39 is 23.8 Å². The summed E-state index contributed by atoms with van der Waals surface area (Å²) in [6, 6.07) is 0.871.